The fourth-order valence-electron chi connectivity index (χ4n) is 5.63. The summed E-state index contributed by atoms with van der Waals surface area (Å²) in [6.45, 7) is 0.354. The van der Waals surface area contributed by atoms with Crippen molar-refractivity contribution in [3.63, 3.8) is 0 Å². The number of anilines is 3. The molecule has 8 nitrogen and oxygen atoms in total. The maximum atomic E-state index is 15.3. The largest absolute Gasteiger partial charge is 0.481 e. The second kappa shape index (κ2) is 11.9. The first-order valence-electron chi connectivity index (χ1n) is 14.2. The minimum atomic E-state index is -4.74. The third-order valence-corrected chi connectivity index (χ3v) is 8.03. The SMILES string of the molecule is CO[C@@H]1CN(c2ccc3c(n2)N(c2c(F)cc(F)cc2F)C=C(C(=O)N[C@@H](C2CC2)C(F)(F)F)C3Oc2ccccc2)C[C@H]1O. The van der Waals surface area contributed by atoms with E-state index in [1.165, 1.54) is 19.2 Å². The van der Waals surface area contributed by atoms with Crippen molar-refractivity contribution in [3.05, 3.63) is 89.4 Å². The number of rotatable bonds is 8. The van der Waals surface area contributed by atoms with E-state index >= 15 is 8.78 Å². The van der Waals surface area contributed by atoms with Crippen LogP contribution in [-0.2, 0) is 9.53 Å². The van der Waals surface area contributed by atoms with Crippen molar-refractivity contribution >= 4 is 23.2 Å². The molecule has 4 atom stereocenters. The zero-order chi connectivity index (χ0) is 32.0. The number of nitrogens with zero attached hydrogens (tertiary/aromatic N) is 3. The van der Waals surface area contributed by atoms with Crippen LogP contribution in [0.25, 0.3) is 0 Å². The number of β-amino-alcohol motifs (C(OH)–C–C–N with tert-alkyl or cyclic N) is 1. The highest BCUT2D eigenvalue weighted by atomic mass is 19.4. The number of aliphatic hydroxyl groups excluding tert-OH is 1. The number of halogens is 6. The van der Waals surface area contributed by atoms with Gasteiger partial charge in [0.25, 0.3) is 5.91 Å². The number of fused-ring (bicyclic) bond motifs is 1. The molecule has 45 heavy (non-hydrogen) atoms. The molecule has 2 fully saturated rings. The van der Waals surface area contributed by atoms with E-state index in [-0.39, 0.29) is 48.9 Å². The Kier molecular flexibility index (Phi) is 8.12. The van der Waals surface area contributed by atoms with E-state index in [2.05, 4.69) is 10.3 Å². The summed E-state index contributed by atoms with van der Waals surface area (Å²) in [4.78, 5) is 20.8. The Morgan fingerprint density at radius 2 is 1.73 bits per heavy atom. The van der Waals surface area contributed by atoms with Gasteiger partial charge in [0.15, 0.2) is 17.7 Å². The molecule has 238 valence electrons. The lowest BCUT2D eigenvalue weighted by Gasteiger charge is -2.35. The first-order chi connectivity index (χ1) is 21.4. The van der Waals surface area contributed by atoms with Crippen LogP contribution in [0.2, 0.25) is 0 Å². The zero-order valence-corrected chi connectivity index (χ0v) is 23.8. The van der Waals surface area contributed by atoms with Crippen molar-refractivity contribution < 1.29 is 45.7 Å². The molecule has 0 radical (unpaired) electrons. The standard InChI is InChI=1S/C31H28F6N4O4/c1-44-24-15-40(14-23(24)42)25-10-9-19-27(45-18-5-3-2-4-6-18)20(30(43)39-28(16-7-8-16)31(35,36)37)13-41(29(19)38-25)26-21(33)11-17(32)12-22(26)34/h2-6,9-13,16,23-24,27-28,42H,7-8,14-15H2,1H3,(H,39,43)/t23-,24-,27?,28+/m1/s1. The predicted molar refractivity (Wildman–Crippen MR) is 150 cm³/mol. The summed E-state index contributed by atoms with van der Waals surface area (Å²) in [5.41, 5.74) is -1.11. The summed E-state index contributed by atoms with van der Waals surface area (Å²) in [6, 6.07) is 9.90. The van der Waals surface area contributed by atoms with Crippen molar-refractivity contribution in [2.75, 3.05) is 30.0 Å². The topological polar surface area (TPSA) is 87.2 Å². The van der Waals surface area contributed by atoms with E-state index in [1.807, 2.05) is 0 Å². The smallest absolute Gasteiger partial charge is 0.408 e. The number of alkyl halides is 3. The highest BCUT2D eigenvalue weighted by Gasteiger charge is 2.50. The molecular formula is C31H28F6N4O4. The molecule has 14 heteroatoms. The third-order valence-electron chi connectivity index (χ3n) is 8.03. The summed E-state index contributed by atoms with van der Waals surface area (Å²) in [5.74, 6) is -5.46. The van der Waals surface area contributed by atoms with Crippen LogP contribution >= 0.6 is 0 Å². The Balaban J connectivity index is 1.50. The van der Waals surface area contributed by atoms with Crippen LogP contribution < -0.4 is 19.9 Å². The van der Waals surface area contributed by atoms with Crippen LogP contribution in [0, 0.1) is 23.4 Å². The minimum absolute atomic E-state index is 0.0939. The predicted octanol–water partition coefficient (Wildman–Crippen LogP) is 5.31. The monoisotopic (exact) mass is 634 g/mol. The fourth-order valence-corrected chi connectivity index (χ4v) is 5.63. The van der Waals surface area contributed by atoms with Gasteiger partial charge < -0.3 is 24.8 Å². The van der Waals surface area contributed by atoms with Gasteiger partial charge in [0.2, 0.25) is 0 Å². The summed E-state index contributed by atoms with van der Waals surface area (Å²) < 4.78 is 97.7. The average molecular weight is 635 g/mol. The molecule has 2 aromatic carbocycles. The number of para-hydroxylation sites is 1. The Hall–Kier alpha value is -4.30. The van der Waals surface area contributed by atoms with Gasteiger partial charge in [-0.1, -0.05) is 18.2 Å². The molecule has 1 saturated carbocycles. The Labute approximate surface area is 253 Å². The molecule has 3 heterocycles. The third kappa shape index (κ3) is 6.16. The number of aromatic nitrogens is 1. The van der Waals surface area contributed by atoms with Crippen molar-refractivity contribution in [2.24, 2.45) is 5.92 Å². The van der Waals surface area contributed by atoms with Crippen molar-refractivity contribution in [1.82, 2.24) is 10.3 Å². The van der Waals surface area contributed by atoms with Gasteiger partial charge in [-0.3, -0.25) is 9.69 Å². The van der Waals surface area contributed by atoms with Gasteiger partial charge >= 0.3 is 6.18 Å². The van der Waals surface area contributed by atoms with Crippen LogP contribution in [0.3, 0.4) is 0 Å². The molecule has 0 spiro atoms. The Morgan fingerprint density at radius 1 is 1.04 bits per heavy atom. The van der Waals surface area contributed by atoms with Crippen LogP contribution in [0.15, 0.2) is 66.4 Å². The number of pyridine rings is 1. The van der Waals surface area contributed by atoms with Crippen molar-refractivity contribution in [3.8, 4) is 5.75 Å². The van der Waals surface area contributed by atoms with E-state index in [4.69, 9.17) is 9.47 Å². The average Bonchev–Trinajstić information content (AvgIpc) is 3.76. The number of carbonyl (C=O) groups is 1. The van der Waals surface area contributed by atoms with Gasteiger partial charge in [-0.05, 0) is 43.0 Å². The first kappa shape index (κ1) is 30.7. The number of aliphatic hydroxyl groups is 1. The van der Waals surface area contributed by atoms with Crippen molar-refractivity contribution in [2.45, 2.75) is 43.4 Å². The number of amides is 1. The van der Waals surface area contributed by atoms with E-state index in [0.717, 1.165) is 11.1 Å². The number of benzene rings is 2. The molecule has 1 aromatic heterocycles. The number of hydrogen-bond acceptors (Lipinski definition) is 7. The van der Waals surface area contributed by atoms with Gasteiger partial charge in [0, 0.05) is 44.1 Å². The van der Waals surface area contributed by atoms with Gasteiger partial charge in [0.05, 0.1) is 11.7 Å². The summed E-state index contributed by atoms with van der Waals surface area (Å²) in [5, 5.41) is 12.4. The summed E-state index contributed by atoms with van der Waals surface area (Å²) in [7, 11) is 1.44. The molecule has 3 aliphatic rings. The lowest BCUT2D eigenvalue weighted by molar-refractivity contribution is -0.165. The maximum absolute atomic E-state index is 15.3. The van der Waals surface area contributed by atoms with E-state index in [9.17, 15) is 27.5 Å². The molecule has 3 aromatic rings. The molecular weight excluding hydrogens is 606 g/mol. The highest BCUT2D eigenvalue weighted by Crippen LogP contribution is 2.45. The van der Waals surface area contributed by atoms with Gasteiger partial charge in [-0.25, -0.2) is 18.2 Å². The minimum Gasteiger partial charge on any atom is -0.481 e. The quantitative estimate of drug-likeness (QED) is 0.325. The Morgan fingerprint density at radius 3 is 2.33 bits per heavy atom. The zero-order valence-electron chi connectivity index (χ0n) is 23.8. The van der Waals surface area contributed by atoms with E-state index in [0.29, 0.717) is 12.1 Å². The molecule has 1 unspecified atom stereocenters. The van der Waals surface area contributed by atoms with Gasteiger partial charge in [-0.2, -0.15) is 13.2 Å². The fraction of sp³-hybridized carbons (Fsp3) is 0.355. The maximum Gasteiger partial charge on any atom is 0.408 e. The number of methoxy groups -OCH3 is 1. The molecule has 1 amide bonds. The van der Waals surface area contributed by atoms with Crippen LogP contribution in [0.5, 0.6) is 5.75 Å². The lowest BCUT2D eigenvalue weighted by Crippen LogP contribution is -2.48. The number of ether oxygens (including phenoxy) is 2. The number of carbonyl (C=O) groups excluding carboxylic acids is 1. The summed E-state index contributed by atoms with van der Waals surface area (Å²) >= 11 is 0. The van der Waals surface area contributed by atoms with E-state index in [1.54, 1.807) is 35.2 Å². The van der Waals surface area contributed by atoms with Crippen LogP contribution in [0.1, 0.15) is 24.5 Å². The molecule has 1 saturated heterocycles. The molecule has 1 aliphatic carbocycles. The molecule has 2 aliphatic heterocycles. The molecule has 6 rings (SSSR count). The van der Waals surface area contributed by atoms with Gasteiger partial charge in [-0.15, -0.1) is 0 Å². The molecule has 0 bridgehead atoms. The second-order valence-corrected chi connectivity index (χ2v) is 11.1. The van der Waals surface area contributed by atoms with Crippen LogP contribution in [0.4, 0.5) is 43.7 Å². The normalized spacial score (nSPS) is 22.1. The van der Waals surface area contributed by atoms with E-state index < -0.39 is 71.1 Å². The lowest BCUT2D eigenvalue weighted by atomic mass is 9.96. The molecule has 2 N–H and O–H groups in total. The van der Waals surface area contributed by atoms with Crippen LogP contribution in [-0.4, -0.2) is 60.6 Å². The second-order valence-electron chi connectivity index (χ2n) is 11.1. The highest BCUT2D eigenvalue weighted by molar-refractivity contribution is 5.97. The Bertz CT molecular complexity index is 1590. The number of hydrogen-bond donors (Lipinski definition) is 2. The summed E-state index contributed by atoms with van der Waals surface area (Å²) in [6.07, 6.45) is -6.00. The number of nitrogens with one attached hydrogen (secondary N) is 1. The van der Waals surface area contributed by atoms with Crippen molar-refractivity contribution in [1.29, 1.82) is 0 Å². The first-order valence-corrected chi connectivity index (χ1v) is 14.2. The van der Waals surface area contributed by atoms with Gasteiger partial charge in [0.1, 0.15) is 41.0 Å².